The van der Waals surface area contributed by atoms with Crippen LogP contribution in [-0.4, -0.2) is 56.0 Å². The minimum Gasteiger partial charge on any atom is -0.491 e. The molecular formula is C8H13N3O4. The molecule has 0 unspecified atom stereocenters. The van der Waals surface area contributed by atoms with Crippen molar-refractivity contribution in [2.45, 2.75) is 5.54 Å². The Labute approximate surface area is 86.0 Å². The molecule has 0 atom stereocenters. The van der Waals surface area contributed by atoms with Crippen molar-refractivity contribution in [3.63, 3.8) is 0 Å². The molecular weight excluding hydrogens is 202 g/mol. The Morgan fingerprint density at radius 3 is 2.27 bits per heavy atom. The van der Waals surface area contributed by atoms with E-state index in [-0.39, 0.29) is 11.6 Å². The minimum absolute atomic E-state index is 0.183. The first-order valence-electron chi connectivity index (χ1n) is 4.29. The Balaban J connectivity index is 2.88. The Bertz CT molecular complexity index is 308. The zero-order valence-electron chi connectivity index (χ0n) is 7.96. The number of aliphatic hydroxyl groups excluding tert-OH is 3. The summed E-state index contributed by atoms with van der Waals surface area (Å²) < 4.78 is 0. The van der Waals surface area contributed by atoms with E-state index in [2.05, 4.69) is 15.5 Å². The molecule has 1 rings (SSSR count). The van der Waals surface area contributed by atoms with Gasteiger partial charge in [0.1, 0.15) is 11.2 Å². The van der Waals surface area contributed by atoms with Crippen LogP contribution in [0.15, 0.2) is 12.3 Å². The number of aliphatic hydroxyl groups is 3. The fourth-order valence-corrected chi connectivity index (χ4v) is 0.976. The third kappa shape index (κ3) is 2.52. The first-order valence-corrected chi connectivity index (χ1v) is 4.29. The van der Waals surface area contributed by atoms with Crippen molar-refractivity contribution in [1.29, 1.82) is 0 Å². The Morgan fingerprint density at radius 1 is 1.20 bits per heavy atom. The van der Waals surface area contributed by atoms with E-state index >= 15 is 0 Å². The second kappa shape index (κ2) is 4.87. The standard InChI is InChI=1S/C8H13N3O4/c12-3-8(4-13,5-14)10-6-1-2-9-11-7(6)15/h1-2,12-14H,3-5H2,(H,9,10)(H,11,15). The van der Waals surface area contributed by atoms with E-state index in [9.17, 15) is 5.11 Å². The molecule has 15 heavy (non-hydrogen) atoms. The lowest BCUT2D eigenvalue weighted by Gasteiger charge is -2.29. The summed E-state index contributed by atoms with van der Waals surface area (Å²) in [5.41, 5.74) is -1.11. The highest BCUT2D eigenvalue weighted by molar-refractivity contribution is 5.52. The van der Waals surface area contributed by atoms with E-state index < -0.39 is 25.4 Å². The molecule has 0 aliphatic carbocycles. The van der Waals surface area contributed by atoms with E-state index in [4.69, 9.17) is 15.3 Å². The Kier molecular flexibility index (Phi) is 3.78. The van der Waals surface area contributed by atoms with Crippen molar-refractivity contribution in [3.05, 3.63) is 12.3 Å². The van der Waals surface area contributed by atoms with Gasteiger partial charge in [0, 0.05) is 0 Å². The molecule has 1 aromatic rings. The smallest absolute Gasteiger partial charge is 0.254 e. The van der Waals surface area contributed by atoms with Gasteiger partial charge in [-0.1, -0.05) is 0 Å². The third-order valence-corrected chi connectivity index (χ3v) is 2.01. The summed E-state index contributed by atoms with van der Waals surface area (Å²) in [6.07, 6.45) is 1.33. The van der Waals surface area contributed by atoms with E-state index in [0.29, 0.717) is 0 Å². The molecule has 7 nitrogen and oxygen atoms in total. The molecule has 0 bridgehead atoms. The van der Waals surface area contributed by atoms with Gasteiger partial charge in [0.05, 0.1) is 26.0 Å². The van der Waals surface area contributed by atoms with E-state index in [1.165, 1.54) is 12.3 Å². The van der Waals surface area contributed by atoms with E-state index in [1.54, 1.807) is 0 Å². The van der Waals surface area contributed by atoms with Crippen LogP contribution in [0.25, 0.3) is 0 Å². The largest absolute Gasteiger partial charge is 0.491 e. The number of hydrogen-bond acceptors (Lipinski definition) is 7. The predicted molar refractivity (Wildman–Crippen MR) is 51.3 cm³/mol. The number of aromatic hydroxyl groups is 1. The van der Waals surface area contributed by atoms with Crippen LogP contribution in [0, 0.1) is 0 Å². The molecule has 1 heterocycles. The van der Waals surface area contributed by atoms with Crippen LogP contribution in [0.5, 0.6) is 5.88 Å². The molecule has 0 aliphatic rings. The third-order valence-electron chi connectivity index (χ3n) is 2.01. The maximum Gasteiger partial charge on any atom is 0.254 e. The fourth-order valence-electron chi connectivity index (χ4n) is 0.976. The normalized spacial score (nSPS) is 11.4. The van der Waals surface area contributed by atoms with Crippen molar-refractivity contribution in [2.24, 2.45) is 0 Å². The molecule has 0 fully saturated rings. The monoisotopic (exact) mass is 215 g/mol. The van der Waals surface area contributed by atoms with Gasteiger partial charge in [0.2, 0.25) is 0 Å². The fraction of sp³-hybridized carbons (Fsp3) is 0.500. The molecule has 0 saturated heterocycles. The number of hydrogen-bond donors (Lipinski definition) is 5. The molecule has 1 aromatic heterocycles. The molecule has 0 spiro atoms. The summed E-state index contributed by atoms with van der Waals surface area (Å²) in [5, 5.41) is 45.8. The number of nitrogens with one attached hydrogen (secondary N) is 1. The molecule has 84 valence electrons. The van der Waals surface area contributed by atoms with Gasteiger partial charge in [-0.15, -0.1) is 5.10 Å². The van der Waals surface area contributed by atoms with Gasteiger partial charge in [-0.3, -0.25) is 0 Å². The van der Waals surface area contributed by atoms with Crippen molar-refractivity contribution < 1.29 is 20.4 Å². The minimum atomic E-state index is -1.29. The average Bonchev–Trinajstić information content (AvgIpc) is 2.29. The Hall–Kier alpha value is -1.44. The number of aromatic nitrogens is 2. The van der Waals surface area contributed by atoms with Crippen molar-refractivity contribution in [1.82, 2.24) is 10.2 Å². The predicted octanol–water partition coefficient (Wildman–Crippen LogP) is -1.69. The van der Waals surface area contributed by atoms with Crippen LogP contribution in [0.3, 0.4) is 0 Å². The highest BCUT2D eigenvalue weighted by Gasteiger charge is 2.28. The van der Waals surface area contributed by atoms with Crippen LogP contribution in [0.2, 0.25) is 0 Å². The van der Waals surface area contributed by atoms with Gasteiger partial charge < -0.3 is 25.7 Å². The van der Waals surface area contributed by atoms with Gasteiger partial charge in [0.25, 0.3) is 5.88 Å². The lowest BCUT2D eigenvalue weighted by Crippen LogP contribution is -2.49. The zero-order valence-corrected chi connectivity index (χ0v) is 7.96. The summed E-state index contributed by atoms with van der Waals surface area (Å²) in [7, 11) is 0. The van der Waals surface area contributed by atoms with Gasteiger partial charge in [0.15, 0.2) is 0 Å². The summed E-state index contributed by atoms with van der Waals surface area (Å²) in [5.74, 6) is -0.364. The second-order valence-electron chi connectivity index (χ2n) is 3.15. The number of nitrogens with zero attached hydrogens (tertiary/aromatic N) is 2. The lowest BCUT2D eigenvalue weighted by atomic mass is 10.0. The van der Waals surface area contributed by atoms with Crippen molar-refractivity contribution >= 4 is 5.69 Å². The van der Waals surface area contributed by atoms with Gasteiger partial charge in [-0.05, 0) is 6.07 Å². The zero-order chi connectivity index (χ0) is 11.3. The molecule has 0 aliphatic heterocycles. The lowest BCUT2D eigenvalue weighted by molar-refractivity contribution is 0.0832. The maximum absolute atomic E-state index is 9.28. The summed E-state index contributed by atoms with van der Waals surface area (Å²) in [6.45, 7) is -1.45. The summed E-state index contributed by atoms with van der Waals surface area (Å²) in [4.78, 5) is 0. The van der Waals surface area contributed by atoms with Gasteiger partial charge >= 0.3 is 0 Å². The first kappa shape index (κ1) is 11.6. The maximum atomic E-state index is 9.28. The first-order chi connectivity index (χ1) is 7.17. The van der Waals surface area contributed by atoms with Crippen LogP contribution in [-0.2, 0) is 0 Å². The molecule has 0 saturated carbocycles. The molecule has 0 amide bonds. The highest BCUT2D eigenvalue weighted by atomic mass is 16.3. The Morgan fingerprint density at radius 2 is 1.80 bits per heavy atom. The average molecular weight is 215 g/mol. The highest BCUT2D eigenvalue weighted by Crippen LogP contribution is 2.21. The van der Waals surface area contributed by atoms with Crippen molar-refractivity contribution in [3.8, 4) is 5.88 Å². The van der Waals surface area contributed by atoms with E-state index in [0.717, 1.165) is 0 Å². The van der Waals surface area contributed by atoms with Crippen LogP contribution >= 0.6 is 0 Å². The second-order valence-corrected chi connectivity index (χ2v) is 3.15. The molecule has 7 heteroatoms. The summed E-state index contributed by atoms with van der Waals surface area (Å²) >= 11 is 0. The van der Waals surface area contributed by atoms with Gasteiger partial charge in [-0.2, -0.15) is 5.10 Å². The van der Waals surface area contributed by atoms with Crippen molar-refractivity contribution in [2.75, 3.05) is 25.1 Å². The number of anilines is 1. The molecule has 5 N–H and O–H groups in total. The molecule has 0 radical (unpaired) electrons. The van der Waals surface area contributed by atoms with Crippen LogP contribution < -0.4 is 5.32 Å². The molecule has 0 aromatic carbocycles. The SMILES string of the molecule is OCC(CO)(CO)Nc1ccnnc1O. The number of rotatable bonds is 5. The topological polar surface area (TPSA) is 119 Å². The summed E-state index contributed by atoms with van der Waals surface area (Å²) in [6, 6.07) is 1.41. The van der Waals surface area contributed by atoms with Crippen LogP contribution in [0.1, 0.15) is 0 Å². The van der Waals surface area contributed by atoms with Crippen LogP contribution in [0.4, 0.5) is 5.69 Å². The van der Waals surface area contributed by atoms with E-state index in [1.807, 2.05) is 0 Å². The van der Waals surface area contributed by atoms with Gasteiger partial charge in [-0.25, -0.2) is 0 Å². The quantitative estimate of drug-likeness (QED) is 0.397.